The van der Waals surface area contributed by atoms with Crippen molar-refractivity contribution < 1.29 is 9.90 Å². The fourth-order valence-electron chi connectivity index (χ4n) is 3.84. The minimum atomic E-state index is -0.918. The number of aliphatic carboxylic acids is 1. The summed E-state index contributed by atoms with van der Waals surface area (Å²) in [7, 11) is 0. The van der Waals surface area contributed by atoms with Crippen LogP contribution in [0, 0.1) is 12.8 Å². The lowest BCUT2D eigenvalue weighted by Crippen LogP contribution is -2.25. The highest BCUT2D eigenvalue weighted by Crippen LogP contribution is 2.36. The minimum absolute atomic E-state index is 0.102. The summed E-state index contributed by atoms with van der Waals surface area (Å²) >= 11 is 1.62. The molecule has 140 valence electrons. The second-order valence-electron chi connectivity index (χ2n) is 7.44. The summed E-state index contributed by atoms with van der Waals surface area (Å²) in [6, 6.07) is 7.84. The van der Waals surface area contributed by atoms with E-state index in [9.17, 15) is 9.59 Å². The van der Waals surface area contributed by atoms with E-state index in [0.29, 0.717) is 17.1 Å². The summed E-state index contributed by atoms with van der Waals surface area (Å²) in [5.74, 6) is 0.262. The molecular formula is C21H22N2O3S. The van der Waals surface area contributed by atoms with Crippen LogP contribution in [0.1, 0.15) is 35.8 Å². The molecule has 1 aliphatic rings. The summed E-state index contributed by atoms with van der Waals surface area (Å²) in [5.41, 5.74) is 2.94. The smallest absolute Gasteiger partial charge is 0.305 e. The van der Waals surface area contributed by atoms with E-state index in [4.69, 9.17) is 10.1 Å². The second-order valence-corrected chi connectivity index (χ2v) is 8.52. The number of carboxylic acid groups (broad SMARTS) is 1. The lowest BCUT2D eigenvalue weighted by molar-refractivity contribution is -0.137. The maximum absolute atomic E-state index is 13.4. The van der Waals surface area contributed by atoms with E-state index in [1.54, 1.807) is 15.9 Å². The number of aryl methyl sites for hydroxylation is 2. The van der Waals surface area contributed by atoms with E-state index in [-0.39, 0.29) is 18.5 Å². The molecule has 0 amide bonds. The van der Waals surface area contributed by atoms with Gasteiger partial charge in [-0.2, -0.15) is 0 Å². The van der Waals surface area contributed by atoms with Crippen LogP contribution in [0.2, 0.25) is 0 Å². The number of fused-ring (bicyclic) bond motifs is 3. The average molecular weight is 382 g/mol. The van der Waals surface area contributed by atoms with Gasteiger partial charge in [-0.25, -0.2) is 4.98 Å². The zero-order chi connectivity index (χ0) is 19.1. The SMILES string of the molecule is Cc1cccc(-c2nc3sc4c(c3c(=O)n2CCC(=O)O)CCC(C)C4)c1. The first-order valence-electron chi connectivity index (χ1n) is 9.28. The topological polar surface area (TPSA) is 72.2 Å². The van der Waals surface area contributed by atoms with Crippen molar-refractivity contribution in [2.75, 3.05) is 0 Å². The molecule has 27 heavy (non-hydrogen) atoms. The summed E-state index contributed by atoms with van der Waals surface area (Å²) in [4.78, 5) is 31.4. The van der Waals surface area contributed by atoms with Gasteiger partial charge in [-0.05, 0) is 43.7 Å². The molecule has 0 radical (unpaired) electrons. The first kappa shape index (κ1) is 17.9. The standard InChI is InChI=1S/C21H22N2O3S/c1-12-4-3-5-14(10-12)19-22-20-18(21(26)23(19)9-8-17(24)25)15-7-6-13(2)11-16(15)27-20/h3-5,10,13H,6-9,11H2,1-2H3,(H,24,25). The molecule has 2 aromatic heterocycles. The Balaban J connectivity index is 1.96. The Morgan fingerprint density at radius 3 is 2.96 bits per heavy atom. The summed E-state index contributed by atoms with van der Waals surface area (Å²) < 4.78 is 1.55. The fourth-order valence-corrected chi connectivity index (χ4v) is 5.22. The highest BCUT2D eigenvalue weighted by molar-refractivity contribution is 7.18. The van der Waals surface area contributed by atoms with E-state index in [0.717, 1.165) is 40.8 Å². The number of aromatic nitrogens is 2. The van der Waals surface area contributed by atoms with E-state index >= 15 is 0 Å². The Labute approximate surface area is 161 Å². The molecule has 0 aliphatic heterocycles. The zero-order valence-electron chi connectivity index (χ0n) is 15.5. The van der Waals surface area contributed by atoms with Crippen LogP contribution in [0.4, 0.5) is 0 Å². The lowest BCUT2D eigenvalue weighted by Gasteiger charge is -2.18. The number of benzene rings is 1. The van der Waals surface area contributed by atoms with Crippen molar-refractivity contribution in [3.8, 4) is 11.4 Å². The first-order chi connectivity index (χ1) is 12.9. The van der Waals surface area contributed by atoms with Crippen LogP contribution in [-0.2, 0) is 24.2 Å². The van der Waals surface area contributed by atoms with Crippen molar-refractivity contribution >= 4 is 27.5 Å². The van der Waals surface area contributed by atoms with Gasteiger partial charge in [0.25, 0.3) is 5.56 Å². The van der Waals surface area contributed by atoms with Crippen molar-refractivity contribution in [3.05, 3.63) is 50.6 Å². The van der Waals surface area contributed by atoms with E-state index in [1.165, 1.54) is 4.88 Å². The molecule has 0 saturated heterocycles. The quantitative estimate of drug-likeness (QED) is 0.739. The van der Waals surface area contributed by atoms with Gasteiger partial charge in [0.05, 0.1) is 11.8 Å². The lowest BCUT2D eigenvalue weighted by atomic mass is 9.89. The highest BCUT2D eigenvalue weighted by Gasteiger charge is 2.25. The van der Waals surface area contributed by atoms with Gasteiger partial charge in [-0.1, -0.05) is 30.7 Å². The normalized spacial score (nSPS) is 16.4. The molecule has 0 bridgehead atoms. The van der Waals surface area contributed by atoms with Crippen molar-refractivity contribution in [1.82, 2.24) is 9.55 Å². The predicted molar refractivity (Wildman–Crippen MR) is 107 cm³/mol. The van der Waals surface area contributed by atoms with Crippen molar-refractivity contribution in [2.45, 2.75) is 46.1 Å². The molecule has 0 fully saturated rings. The summed E-state index contributed by atoms with van der Waals surface area (Å²) in [6.45, 7) is 4.36. The molecule has 3 aromatic rings. The Bertz CT molecular complexity index is 1100. The van der Waals surface area contributed by atoms with Crippen LogP contribution >= 0.6 is 11.3 Å². The van der Waals surface area contributed by atoms with E-state index in [2.05, 4.69) is 6.92 Å². The highest BCUT2D eigenvalue weighted by atomic mass is 32.1. The molecule has 5 nitrogen and oxygen atoms in total. The number of rotatable bonds is 4. The van der Waals surface area contributed by atoms with Crippen molar-refractivity contribution in [1.29, 1.82) is 0 Å². The van der Waals surface area contributed by atoms with Gasteiger partial charge in [-0.3, -0.25) is 14.2 Å². The third-order valence-electron chi connectivity index (χ3n) is 5.24. The van der Waals surface area contributed by atoms with Gasteiger partial charge < -0.3 is 5.11 Å². The number of carbonyl (C=O) groups is 1. The molecule has 0 saturated carbocycles. The van der Waals surface area contributed by atoms with Crippen LogP contribution < -0.4 is 5.56 Å². The van der Waals surface area contributed by atoms with E-state index < -0.39 is 5.97 Å². The molecule has 1 aromatic carbocycles. The van der Waals surface area contributed by atoms with Crippen LogP contribution in [0.25, 0.3) is 21.6 Å². The van der Waals surface area contributed by atoms with Crippen molar-refractivity contribution in [2.24, 2.45) is 5.92 Å². The van der Waals surface area contributed by atoms with Crippen LogP contribution in [0.5, 0.6) is 0 Å². The van der Waals surface area contributed by atoms with Gasteiger partial charge in [0, 0.05) is 17.0 Å². The minimum Gasteiger partial charge on any atom is -0.481 e. The Hall–Kier alpha value is -2.47. The molecule has 1 N–H and O–H groups in total. The third kappa shape index (κ3) is 3.30. The maximum Gasteiger partial charge on any atom is 0.305 e. The van der Waals surface area contributed by atoms with Gasteiger partial charge in [0.15, 0.2) is 0 Å². The zero-order valence-corrected chi connectivity index (χ0v) is 16.3. The van der Waals surface area contributed by atoms with Crippen LogP contribution in [0.15, 0.2) is 29.1 Å². The maximum atomic E-state index is 13.4. The van der Waals surface area contributed by atoms with Gasteiger partial charge in [0.2, 0.25) is 0 Å². The number of hydrogen-bond acceptors (Lipinski definition) is 4. The Morgan fingerprint density at radius 2 is 2.22 bits per heavy atom. The van der Waals surface area contributed by atoms with Crippen LogP contribution in [0.3, 0.4) is 0 Å². The number of thiophene rings is 1. The largest absolute Gasteiger partial charge is 0.481 e. The number of hydrogen-bond donors (Lipinski definition) is 1. The van der Waals surface area contributed by atoms with E-state index in [1.807, 2.05) is 31.2 Å². The summed E-state index contributed by atoms with van der Waals surface area (Å²) in [6.07, 6.45) is 2.86. The molecule has 1 unspecified atom stereocenters. The average Bonchev–Trinajstić information content (AvgIpc) is 2.98. The molecule has 1 atom stereocenters. The van der Waals surface area contributed by atoms with Gasteiger partial charge in [-0.15, -0.1) is 11.3 Å². The number of nitrogens with zero attached hydrogens (tertiary/aromatic N) is 2. The molecule has 0 spiro atoms. The molecule has 2 heterocycles. The molecule has 1 aliphatic carbocycles. The van der Waals surface area contributed by atoms with Gasteiger partial charge >= 0.3 is 5.97 Å². The predicted octanol–water partition coefficient (Wildman–Crippen LogP) is 4.03. The first-order valence-corrected chi connectivity index (χ1v) is 10.1. The van der Waals surface area contributed by atoms with Crippen molar-refractivity contribution in [3.63, 3.8) is 0 Å². The van der Waals surface area contributed by atoms with Gasteiger partial charge in [0.1, 0.15) is 10.7 Å². The molecule has 6 heteroatoms. The molecule has 4 rings (SSSR count). The van der Waals surface area contributed by atoms with Crippen LogP contribution in [-0.4, -0.2) is 20.6 Å². The number of carboxylic acids is 1. The molecular weight excluding hydrogens is 360 g/mol. The summed E-state index contributed by atoms with van der Waals surface area (Å²) in [5, 5.41) is 9.83. The second kappa shape index (κ2) is 6.93. The Morgan fingerprint density at radius 1 is 1.41 bits per heavy atom. The third-order valence-corrected chi connectivity index (χ3v) is 6.39. The monoisotopic (exact) mass is 382 g/mol. The Kier molecular flexibility index (Phi) is 4.60. The fraction of sp³-hybridized carbons (Fsp3) is 0.381.